The fourth-order valence-electron chi connectivity index (χ4n) is 1.40. The van der Waals surface area contributed by atoms with Crippen LogP contribution in [0, 0.1) is 6.92 Å². The lowest BCUT2D eigenvalue weighted by Gasteiger charge is -1.98. The van der Waals surface area contributed by atoms with Crippen molar-refractivity contribution in [1.82, 2.24) is 4.98 Å². The molecule has 5 nitrogen and oxygen atoms in total. The van der Waals surface area contributed by atoms with Gasteiger partial charge in [0.25, 0.3) is 0 Å². The zero-order valence-corrected chi connectivity index (χ0v) is 9.01. The summed E-state index contributed by atoms with van der Waals surface area (Å²) in [7, 11) is 0. The van der Waals surface area contributed by atoms with Crippen molar-refractivity contribution in [2.45, 2.75) is 6.92 Å². The first-order chi connectivity index (χ1) is 8.08. The molecule has 0 unspecified atom stereocenters. The fourth-order valence-corrected chi connectivity index (χ4v) is 1.40. The van der Waals surface area contributed by atoms with Crippen molar-refractivity contribution in [3.05, 3.63) is 53.2 Å². The first-order valence-electron chi connectivity index (χ1n) is 4.88. The number of rotatable bonds is 3. The third-order valence-electron chi connectivity index (χ3n) is 2.20. The number of aromatic nitrogens is 1. The summed E-state index contributed by atoms with van der Waals surface area (Å²) in [4.78, 5) is 26.5. The number of ketones is 1. The maximum atomic E-state index is 11.9. The number of carbonyl (C=O) groups excluding carboxylic acids is 1. The van der Waals surface area contributed by atoms with Gasteiger partial charge < -0.3 is 9.52 Å². The van der Waals surface area contributed by atoms with Crippen LogP contribution in [0.1, 0.15) is 32.4 Å². The first-order valence-corrected chi connectivity index (χ1v) is 4.88. The summed E-state index contributed by atoms with van der Waals surface area (Å²) in [6, 6.07) is 5.77. The molecule has 0 radical (unpaired) electrons. The summed E-state index contributed by atoms with van der Waals surface area (Å²) in [5, 5.41) is 8.68. The lowest BCUT2D eigenvalue weighted by Crippen LogP contribution is -2.01. The van der Waals surface area contributed by atoms with Crippen LogP contribution in [0.5, 0.6) is 0 Å². The Balaban J connectivity index is 2.34. The van der Waals surface area contributed by atoms with Crippen LogP contribution in [0.15, 0.2) is 34.9 Å². The van der Waals surface area contributed by atoms with Gasteiger partial charge in [0.1, 0.15) is 0 Å². The van der Waals surface area contributed by atoms with Crippen molar-refractivity contribution in [3.8, 4) is 0 Å². The highest BCUT2D eigenvalue weighted by molar-refractivity contribution is 6.07. The topological polar surface area (TPSA) is 80.4 Å². The molecule has 0 spiro atoms. The van der Waals surface area contributed by atoms with Gasteiger partial charge in [-0.25, -0.2) is 4.79 Å². The lowest BCUT2D eigenvalue weighted by molar-refractivity contribution is 0.0660. The summed E-state index contributed by atoms with van der Waals surface area (Å²) >= 11 is 0. The highest BCUT2D eigenvalue weighted by Gasteiger charge is 2.16. The van der Waals surface area contributed by atoms with Crippen molar-refractivity contribution in [3.63, 3.8) is 0 Å². The normalized spacial score (nSPS) is 10.2. The van der Waals surface area contributed by atoms with Crippen LogP contribution in [0.2, 0.25) is 0 Å². The maximum absolute atomic E-state index is 11.9. The highest BCUT2D eigenvalue weighted by Crippen LogP contribution is 2.13. The zero-order chi connectivity index (χ0) is 12.4. The molecule has 0 aliphatic carbocycles. The van der Waals surface area contributed by atoms with Crippen LogP contribution in [0.4, 0.5) is 0 Å². The SMILES string of the molecule is Cc1cc(C(=O)c2ccc(C(=O)O)o2)ccn1. The monoisotopic (exact) mass is 231 g/mol. The number of carboxylic acid groups (broad SMARTS) is 1. The second-order valence-electron chi connectivity index (χ2n) is 3.48. The number of hydrogen-bond donors (Lipinski definition) is 1. The minimum absolute atomic E-state index is 0.00741. The van der Waals surface area contributed by atoms with Crippen LogP contribution < -0.4 is 0 Å². The number of nitrogens with zero attached hydrogens (tertiary/aromatic N) is 1. The first kappa shape index (κ1) is 11.1. The minimum Gasteiger partial charge on any atom is -0.475 e. The smallest absolute Gasteiger partial charge is 0.371 e. The molecule has 0 aromatic carbocycles. The molecule has 0 saturated heterocycles. The van der Waals surface area contributed by atoms with Gasteiger partial charge in [-0.2, -0.15) is 0 Å². The van der Waals surface area contributed by atoms with E-state index in [1.54, 1.807) is 19.1 Å². The molecule has 1 N–H and O–H groups in total. The number of furan rings is 1. The van der Waals surface area contributed by atoms with Gasteiger partial charge in [-0.1, -0.05) is 0 Å². The summed E-state index contributed by atoms with van der Waals surface area (Å²) in [5.41, 5.74) is 1.13. The van der Waals surface area contributed by atoms with Gasteiger partial charge in [-0.3, -0.25) is 9.78 Å². The van der Waals surface area contributed by atoms with E-state index in [2.05, 4.69) is 4.98 Å². The highest BCUT2D eigenvalue weighted by atomic mass is 16.4. The van der Waals surface area contributed by atoms with E-state index in [-0.39, 0.29) is 17.3 Å². The van der Waals surface area contributed by atoms with Crippen LogP contribution in [-0.2, 0) is 0 Å². The molecule has 0 amide bonds. The average Bonchev–Trinajstić information content (AvgIpc) is 2.77. The molecule has 0 aliphatic rings. The van der Waals surface area contributed by atoms with Crippen molar-refractivity contribution in [1.29, 1.82) is 0 Å². The molecule has 0 atom stereocenters. The maximum Gasteiger partial charge on any atom is 0.371 e. The Kier molecular flexibility index (Phi) is 2.74. The van der Waals surface area contributed by atoms with Crippen molar-refractivity contribution in [2.75, 3.05) is 0 Å². The fraction of sp³-hybridized carbons (Fsp3) is 0.0833. The number of hydrogen-bond acceptors (Lipinski definition) is 4. The standard InChI is InChI=1S/C12H9NO4/c1-7-6-8(4-5-13-7)11(14)9-2-3-10(17-9)12(15)16/h2-6H,1H3,(H,15,16). The number of aryl methyl sites for hydroxylation is 1. The van der Waals surface area contributed by atoms with E-state index in [1.165, 1.54) is 18.3 Å². The lowest BCUT2D eigenvalue weighted by atomic mass is 10.1. The predicted molar refractivity (Wildman–Crippen MR) is 58.1 cm³/mol. The molecular weight excluding hydrogens is 222 g/mol. The Labute approximate surface area is 96.7 Å². The van der Waals surface area contributed by atoms with Gasteiger partial charge in [-0.15, -0.1) is 0 Å². The number of carboxylic acids is 1. The minimum atomic E-state index is -1.20. The Hall–Kier alpha value is -2.43. The Morgan fingerprint density at radius 2 is 1.94 bits per heavy atom. The molecule has 0 saturated carbocycles. The van der Waals surface area contributed by atoms with E-state index in [0.717, 1.165) is 0 Å². The second kappa shape index (κ2) is 4.21. The predicted octanol–water partition coefficient (Wildman–Crippen LogP) is 1.91. The Bertz CT molecular complexity index is 586. The third kappa shape index (κ3) is 2.23. The van der Waals surface area contributed by atoms with Gasteiger partial charge in [0.15, 0.2) is 5.76 Å². The van der Waals surface area contributed by atoms with Crippen LogP contribution in [-0.4, -0.2) is 21.8 Å². The molecule has 2 aromatic heterocycles. The van der Waals surface area contributed by atoms with Crippen molar-refractivity contribution >= 4 is 11.8 Å². The summed E-state index contributed by atoms with van der Waals surface area (Å²) in [6.07, 6.45) is 1.52. The quantitative estimate of drug-likeness (QED) is 0.816. The zero-order valence-electron chi connectivity index (χ0n) is 9.01. The average molecular weight is 231 g/mol. The van der Waals surface area contributed by atoms with Gasteiger partial charge in [0.2, 0.25) is 11.5 Å². The number of pyridine rings is 1. The van der Waals surface area contributed by atoms with Crippen LogP contribution in [0.25, 0.3) is 0 Å². The molecule has 2 aromatic rings. The molecular formula is C12H9NO4. The summed E-state index contributed by atoms with van der Waals surface area (Å²) < 4.78 is 4.93. The molecule has 2 rings (SSSR count). The van der Waals surface area contributed by atoms with E-state index >= 15 is 0 Å². The van der Waals surface area contributed by atoms with E-state index in [0.29, 0.717) is 11.3 Å². The Morgan fingerprint density at radius 1 is 1.24 bits per heavy atom. The summed E-state index contributed by atoms with van der Waals surface area (Å²) in [6.45, 7) is 1.77. The molecule has 86 valence electrons. The van der Waals surface area contributed by atoms with E-state index in [4.69, 9.17) is 9.52 Å². The molecule has 0 fully saturated rings. The third-order valence-corrected chi connectivity index (χ3v) is 2.20. The van der Waals surface area contributed by atoms with Gasteiger partial charge >= 0.3 is 5.97 Å². The molecule has 2 heterocycles. The van der Waals surface area contributed by atoms with Crippen molar-refractivity contribution in [2.24, 2.45) is 0 Å². The van der Waals surface area contributed by atoms with E-state index in [9.17, 15) is 9.59 Å². The molecule has 17 heavy (non-hydrogen) atoms. The van der Waals surface area contributed by atoms with E-state index < -0.39 is 5.97 Å². The van der Waals surface area contributed by atoms with Crippen LogP contribution >= 0.6 is 0 Å². The largest absolute Gasteiger partial charge is 0.475 e. The van der Waals surface area contributed by atoms with Gasteiger partial charge in [-0.05, 0) is 31.2 Å². The molecule has 0 bridgehead atoms. The van der Waals surface area contributed by atoms with Crippen molar-refractivity contribution < 1.29 is 19.1 Å². The molecule has 5 heteroatoms. The second-order valence-corrected chi connectivity index (χ2v) is 3.48. The van der Waals surface area contributed by atoms with Gasteiger partial charge in [0.05, 0.1) is 0 Å². The Morgan fingerprint density at radius 3 is 2.53 bits per heavy atom. The number of aromatic carboxylic acids is 1. The summed E-state index contributed by atoms with van der Waals surface area (Å²) in [5.74, 6) is -1.80. The van der Waals surface area contributed by atoms with Crippen LogP contribution in [0.3, 0.4) is 0 Å². The molecule has 0 aliphatic heterocycles. The van der Waals surface area contributed by atoms with Gasteiger partial charge in [0, 0.05) is 17.5 Å². The van der Waals surface area contributed by atoms with E-state index in [1.807, 2.05) is 0 Å². The number of carbonyl (C=O) groups is 2.